The maximum absolute atomic E-state index is 14.2. The van der Waals surface area contributed by atoms with E-state index in [0.29, 0.717) is 28.7 Å². The van der Waals surface area contributed by atoms with E-state index >= 15 is 0 Å². The molecule has 0 radical (unpaired) electrons. The van der Waals surface area contributed by atoms with Crippen molar-refractivity contribution < 1.29 is 19.5 Å². The number of amides is 2. The number of hydrogen-bond acceptors (Lipinski definition) is 3. The zero-order valence-electron chi connectivity index (χ0n) is 24.5. The van der Waals surface area contributed by atoms with E-state index in [1.165, 1.54) is 11.1 Å². The van der Waals surface area contributed by atoms with Gasteiger partial charge in [0.15, 0.2) is 0 Å². The van der Waals surface area contributed by atoms with Crippen molar-refractivity contribution in [2.45, 2.75) is 57.5 Å². The van der Waals surface area contributed by atoms with Crippen molar-refractivity contribution in [3.05, 3.63) is 131 Å². The molecule has 0 spiro atoms. The van der Waals surface area contributed by atoms with E-state index in [4.69, 9.17) is 0 Å². The molecule has 5 rings (SSSR count). The highest BCUT2D eigenvalue weighted by molar-refractivity contribution is 6.06. The van der Waals surface area contributed by atoms with Gasteiger partial charge in [0, 0.05) is 23.7 Å². The normalized spacial score (nSPS) is 14.8. The number of nitrogens with one attached hydrogen (secondary N) is 1. The first kappa shape index (κ1) is 29.8. The van der Waals surface area contributed by atoms with Crippen LogP contribution in [0.15, 0.2) is 103 Å². The number of rotatable bonds is 11. The fourth-order valence-electron chi connectivity index (χ4n) is 6.03. The first-order chi connectivity index (χ1) is 20.9. The molecule has 43 heavy (non-hydrogen) atoms. The fraction of sp³-hybridized carbons (Fsp3) is 0.270. The molecular weight excluding hydrogens is 536 g/mol. The van der Waals surface area contributed by atoms with E-state index in [-0.39, 0.29) is 36.9 Å². The predicted octanol–water partition coefficient (Wildman–Crippen LogP) is 7.10. The Bertz CT molecular complexity index is 1580. The van der Waals surface area contributed by atoms with E-state index in [1.807, 2.05) is 73.7 Å². The second-order valence-corrected chi connectivity index (χ2v) is 11.2. The van der Waals surface area contributed by atoms with Gasteiger partial charge in [-0.25, -0.2) is 0 Å². The van der Waals surface area contributed by atoms with Crippen molar-refractivity contribution in [1.82, 2.24) is 10.2 Å². The van der Waals surface area contributed by atoms with Gasteiger partial charge in [0.2, 0.25) is 0 Å². The number of nitrogens with zero attached hydrogens (tertiary/aromatic N) is 1. The van der Waals surface area contributed by atoms with Gasteiger partial charge in [0.05, 0.1) is 12.5 Å². The Balaban J connectivity index is 1.42. The van der Waals surface area contributed by atoms with Crippen LogP contribution in [-0.4, -0.2) is 40.4 Å². The lowest BCUT2D eigenvalue weighted by Gasteiger charge is -2.30. The van der Waals surface area contributed by atoms with Gasteiger partial charge < -0.3 is 15.3 Å². The fourth-order valence-corrected chi connectivity index (χ4v) is 6.03. The first-order valence-corrected chi connectivity index (χ1v) is 15.1. The number of fused-ring (bicyclic) bond motifs is 1. The quantitative estimate of drug-likeness (QED) is 0.200. The summed E-state index contributed by atoms with van der Waals surface area (Å²) >= 11 is 0. The van der Waals surface area contributed by atoms with Gasteiger partial charge in [-0.15, -0.1) is 0 Å². The average Bonchev–Trinajstić information content (AvgIpc) is 3.04. The Kier molecular flexibility index (Phi) is 9.67. The minimum Gasteiger partial charge on any atom is -0.481 e. The molecule has 0 saturated carbocycles. The van der Waals surface area contributed by atoms with Gasteiger partial charge in [0.25, 0.3) is 11.8 Å². The van der Waals surface area contributed by atoms with Crippen molar-refractivity contribution >= 4 is 17.8 Å². The molecule has 0 bridgehead atoms. The molecule has 2 unspecified atom stereocenters. The maximum Gasteiger partial charge on any atom is 0.305 e. The van der Waals surface area contributed by atoms with Gasteiger partial charge in [-0.3, -0.25) is 14.4 Å². The molecule has 1 aliphatic rings. The summed E-state index contributed by atoms with van der Waals surface area (Å²) in [5.74, 6) is -1.38. The summed E-state index contributed by atoms with van der Waals surface area (Å²) in [7, 11) is 0. The van der Waals surface area contributed by atoms with E-state index in [0.717, 1.165) is 31.2 Å². The number of hydrogen-bond donors (Lipinski definition) is 2. The number of carbonyl (C=O) groups is 3. The Morgan fingerprint density at radius 1 is 0.837 bits per heavy atom. The molecule has 0 aliphatic heterocycles. The standard InChI is InChI=1S/C37H38N2O4/c1-26(22-23-27-12-3-2-4-13-27)39(25-24-35(40)41)37(43)33-20-10-8-18-31(33)30-17-7-9-19-32(30)36(42)38-34-21-11-15-28-14-5-6-16-29(28)34/h2-10,12-14,16-20,26,34H,11,15,21-25H2,1H3,(H,38,42)(H,40,41). The van der Waals surface area contributed by atoms with Crippen molar-refractivity contribution in [1.29, 1.82) is 0 Å². The molecule has 0 heterocycles. The third-order valence-electron chi connectivity index (χ3n) is 8.35. The Hall–Kier alpha value is -4.71. The molecule has 2 N–H and O–H groups in total. The third-order valence-corrected chi connectivity index (χ3v) is 8.35. The molecule has 4 aromatic rings. The van der Waals surface area contributed by atoms with E-state index in [9.17, 15) is 19.5 Å². The Labute approximate surface area is 253 Å². The van der Waals surface area contributed by atoms with Crippen LogP contribution in [0.3, 0.4) is 0 Å². The highest BCUT2D eigenvalue weighted by Crippen LogP contribution is 2.32. The number of aliphatic carboxylic acids is 1. The molecular formula is C37H38N2O4. The third kappa shape index (κ3) is 7.20. The predicted molar refractivity (Wildman–Crippen MR) is 169 cm³/mol. The highest BCUT2D eigenvalue weighted by Gasteiger charge is 2.27. The monoisotopic (exact) mass is 574 g/mol. The number of carboxylic acid groups (broad SMARTS) is 1. The summed E-state index contributed by atoms with van der Waals surface area (Å²) in [5.41, 5.74) is 5.87. The van der Waals surface area contributed by atoms with Crippen molar-refractivity contribution in [3.8, 4) is 11.1 Å². The van der Waals surface area contributed by atoms with Crippen LogP contribution in [0.5, 0.6) is 0 Å². The SMILES string of the molecule is CC(CCc1ccccc1)N(CCC(=O)O)C(=O)c1ccccc1-c1ccccc1C(=O)NC1CCCc2ccccc21. The van der Waals surface area contributed by atoms with Crippen LogP contribution in [0.2, 0.25) is 0 Å². The topological polar surface area (TPSA) is 86.7 Å². The summed E-state index contributed by atoms with van der Waals surface area (Å²) in [6.07, 6.45) is 4.21. The largest absolute Gasteiger partial charge is 0.481 e. The minimum absolute atomic E-state index is 0.0700. The van der Waals surface area contributed by atoms with Crippen LogP contribution in [-0.2, 0) is 17.6 Å². The van der Waals surface area contributed by atoms with Gasteiger partial charge in [0.1, 0.15) is 0 Å². The molecule has 2 atom stereocenters. The van der Waals surface area contributed by atoms with Crippen molar-refractivity contribution in [2.75, 3.05) is 6.54 Å². The number of carbonyl (C=O) groups excluding carboxylic acids is 2. The summed E-state index contributed by atoms with van der Waals surface area (Å²) in [5, 5.41) is 12.7. The summed E-state index contributed by atoms with van der Waals surface area (Å²) in [6.45, 7) is 2.07. The van der Waals surface area contributed by atoms with Crippen molar-refractivity contribution in [2.24, 2.45) is 0 Å². The highest BCUT2D eigenvalue weighted by atomic mass is 16.4. The second-order valence-electron chi connectivity index (χ2n) is 11.2. The van der Waals surface area contributed by atoms with Crippen LogP contribution in [0.25, 0.3) is 11.1 Å². The molecule has 220 valence electrons. The van der Waals surface area contributed by atoms with Crippen molar-refractivity contribution in [3.63, 3.8) is 0 Å². The van der Waals surface area contributed by atoms with Gasteiger partial charge in [-0.05, 0) is 79.0 Å². The van der Waals surface area contributed by atoms with Crippen LogP contribution in [0.4, 0.5) is 0 Å². The number of carboxylic acids is 1. The Morgan fingerprint density at radius 2 is 1.47 bits per heavy atom. The number of aryl methyl sites for hydroxylation is 2. The maximum atomic E-state index is 14.2. The summed E-state index contributed by atoms with van der Waals surface area (Å²) in [4.78, 5) is 41.1. The average molecular weight is 575 g/mol. The molecule has 4 aromatic carbocycles. The molecule has 0 aromatic heterocycles. The number of benzene rings is 4. The zero-order valence-corrected chi connectivity index (χ0v) is 24.5. The molecule has 0 saturated heterocycles. The molecule has 6 heteroatoms. The van der Waals surface area contributed by atoms with Crippen LogP contribution < -0.4 is 5.32 Å². The van der Waals surface area contributed by atoms with E-state index < -0.39 is 5.97 Å². The van der Waals surface area contributed by atoms with Crippen LogP contribution >= 0.6 is 0 Å². The van der Waals surface area contributed by atoms with E-state index in [1.54, 1.807) is 17.0 Å². The van der Waals surface area contributed by atoms with E-state index in [2.05, 4.69) is 29.6 Å². The first-order valence-electron chi connectivity index (χ1n) is 15.1. The molecule has 1 aliphatic carbocycles. The summed E-state index contributed by atoms with van der Waals surface area (Å²) in [6, 6.07) is 32.7. The van der Waals surface area contributed by atoms with Gasteiger partial charge in [-0.1, -0.05) is 91.0 Å². The minimum atomic E-state index is -0.951. The molecule has 2 amide bonds. The van der Waals surface area contributed by atoms with Gasteiger partial charge in [-0.2, -0.15) is 0 Å². The lowest BCUT2D eigenvalue weighted by atomic mass is 9.87. The smallest absolute Gasteiger partial charge is 0.305 e. The second kappa shape index (κ2) is 14.0. The summed E-state index contributed by atoms with van der Waals surface area (Å²) < 4.78 is 0. The molecule has 0 fully saturated rings. The Morgan fingerprint density at radius 3 is 2.21 bits per heavy atom. The van der Waals surface area contributed by atoms with Gasteiger partial charge >= 0.3 is 5.97 Å². The van der Waals surface area contributed by atoms with Crippen LogP contribution in [0, 0.1) is 0 Å². The zero-order chi connectivity index (χ0) is 30.2. The lowest BCUT2D eigenvalue weighted by Crippen LogP contribution is -2.40. The molecule has 6 nitrogen and oxygen atoms in total. The lowest BCUT2D eigenvalue weighted by molar-refractivity contribution is -0.137. The van der Waals surface area contributed by atoms with Crippen LogP contribution in [0.1, 0.15) is 76.1 Å².